The number of carbonyl (C=O) groups excluding carboxylic acids is 1. The molecule has 2 fully saturated rings. The van der Waals surface area contributed by atoms with Gasteiger partial charge >= 0.3 is 6.03 Å². The molecule has 6 nitrogen and oxygen atoms in total. The topological polar surface area (TPSA) is 67.6 Å². The van der Waals surface area contributed by atoms with E-state index >= 15 is 0 Å². The van der Waals surface area contributed by atoms with Crippen LogP contribution < -0.4 is 10.6 Å². The molecule has 1 aromatic rings. The van der Waals surface area contributed by atoms with E-state index in [9.17, 15) is 10.0 Å². The second-order valence-corrected chi connectivity index (χ2v) is 6.79. The summed E-state index contributed by atoms with van der Waals surface area (Å²) in [4.78, 5) is 14.8. The highest BCUT2D eigenvalue weighted by atomic mass is 16.5. The molecule has 0 saturated carbocycles. The van der Waals surface area contributed by atoms with Crippen LogP contribution in [0.15, 0.2) is 24.3 Å². The summed E-state index contributed by atoms with van der Waals surface area (Å²) in [6.07, 6.45) is 6.14. The number of urea groups is 1. The van der Waals surface area contributed by atoms with Crippen LogP contribution in [-0.2, 0) is 0 Å². The number of hydroxylamine groups is 1. The Bertz CT molecular complexity index is 617. The van der Waals surface area contributed by atoms with Crippen LogP contribution in [0.2, 0.25) is 0 Å². The van der Waals surface area contributed by atoms with E-state index in [0.29, 0.717) is 24.3 Å². The lowest BCUT2D eigenvalue weighted by Crippen LogP contribution is -2.49. The van der Waals surface area contributed by atoms with Crippen LogP contribution >= 0.6 is 0 Å². The Balaban J connectivity index is 1.62. The highest BCUT2D eigenvalue weighted by molar-refractivity contribution is 5.95. The molecule has 0 spiro atoms. The molecule has 6 heteroatoms. The number of hydrogen-bond acceptors (Lipinski definition) is 3. The molecule has 2 saturated heterocycles. The van der Waals surface area contributed by atoms with E-state index in [-0.39, 0.29) is 12.1 Å². The zero-order valence-corrected chi connectivity index (χ0v) is 14.4. The van der Waals surface area contributed by atoms with Crippen molar-refractivity contribution in [3.8, 4) is 0 Å². The third kappa shape index (κ3) is 3.70. The molecule has 0 aromatic heterocycles. The molecule has 2 bridgehead atoms. The average Bonchev–Trinajstić information content (AvgIpc) is 2.78. The standard InChI is InChI=1S/C18H26N4O2/c1-3-22(24)12-13-6-4-5-7-17(13)20-18(23)19-14-10-15-8-9-16(11-14)21(15)2/h4-7,12,14-16,24H,3,8-11H2,1-2H3,(H,19,23)/p+1. The molecular weight excluding hydrogens is 304 g/mol. The molecule has 2 aliphatic heterocycles. The number of carbonyl (C=O) groups is 1. The number of nitrogens with one attached hydrogen (secondary N) is 2. The van der Waals surface area contributed by atoms with E-state index in [2.05, 4.69) is 22.6 Å². The molecule has 2 atom stereocenters. The maximum atomic E-state index is 12.4. The van der Waals surface area contributed by atoms with Crippen LogP contribution in [0.25, 0.3) is 0 Å². The summed E-state index contributed by atoms with van der Waals surface area (Å²) in [5.74, 6) is 0. The van der Waals surface area contributed by atoms with Gasteiger partial charge in [-0.25, -0.2) is 4.79 Å². The Kier molecular flexibility index (Phi) is 5.04. The highest BCUT2D eigenvalue weighted by Crippen LogP contribution is 2.34. The van der Waals surface area contributed by atoms with E-state index in [4.69, 9.17) is 0 Å². The van der Waals surface area contributed by atoms with Gasteiger partial charge in [0.05, 0.1) is 11.3 Å². The molecule has 1 aromatic carbocycles. The summed E-state index contributed by atoms with van der Waals surface area (Å²) in [6, 6.07) is 8.72. The van der Waals surface area contributed by atoms with Gasteiger partial charge in [-0.15, -0.1) is 0 Å². The van der Waals surface area contributed by atoms with Gasteiger partial charge in [0.15, 0.2) is 6.54 Å². The summed E-state index contributed by atoms with van der Waals surface area (Å²) < 4.78 is 1.10. The van der Waals surface area contributed by atoms with Crippen molar-refractivity contribution in [3.63, 3.8) is 0 Å². The fourth-order valence-corrected chi connectivity index (χ4v) is 3.85. The number of nitrogens with zero attached hydrogens (tertiary/aromatic N) is 2. The summed E-state index contributed by atoms with van der Waals surface area (Å²) in [6.45, 7) is 2.34. The minimum absolute atomic E-state index is 0.175. The number of amides is 2. The molecule has 24 heavy (non-hydrogen) atoms. The second-order valence-electron chi connectivity index (χ2n) is 6.79. The Morgan fingerprint density at radius 1 is 1.33 bits per heavy atom. The maximum absolute atomic E-state index is 12.4. The molecule has 2 unspecified atom stereocenters. The predicted octanol–water partition coefficient (Wildman–Crippen LogP) is 2.27. The number of hydrogen-bond donors (Lipinski definition) is 3. The average molecular weight is 331 g/mol. The van der Waals surface area contributed by atoms with Gasteiger partial charge in [-0.05, 0) is 56.5 Å². The Labute approximate surface area is 143 Å². The van der Waals surface area contributed by atoms with Crippen molar-refractivity contribution in [2.24, 2.45) is 0 Å². The molecule has 0 radical (unpaired) electrons. The number of anilines is 1. The zero-order valence-electron chi connectivity index (χ0n) is 14.4. The van der Waals surface area contributed by atoms with Crippen LogP contribution in [-0.4, -0.2) is 58.8 Å². The third-order valence-corrected chi connectivity index (χ3v) is 5.25. The number of rotatable bonds is 4. The van der Waals surface area contributed by atoms with Crippen LogP contribution in [0.4, 0.5) is 10.5 Å². The van der Waals surface area contributed by atoms with E-state index < -0.39 is 0 Å². The molecule has 3 rings (SSSR count). The van der Waals surface area contributed by atoms with Gasteiger partial charge in [0.2, 0.25) is 6.21 Å². The quantitative estimate of drug-likeness (QED) is 0.343. The second kappa shape index (κ2) is 7.21. The van der Waals surface area contributed by atoms with Gasteiger partial charge in [0, 0.05) is 18.1 Å². The summed E-state index contributed by atoms with van der Waals surface area (Å²) in [5.41, 5.74) is 1.47. The Morgan fingerprint density at radius 3 is 2.67 bits per heavy atom. The molecule has 130 valence electrons. The summed E-state index contributed by atoms with van der Waals surface area (Å²) in [5, 5.41) is 15.7. The van der Waals surface area contributed by atoms with Gasteiger partial charge in [-0.3, -0.25) is 5.21 Å². The Hall–Kier alpha value is -2.08. The maximum Gasteiger partial charge on any atom is 0.319 e. The molecule has 0 aliphatic carbocycles. The van der Waals surface area contributed by atoms with Crippen molar-refractivity contribution >= 4 is 17.9 Å². The van der Waals surface area contributed by atoms with Gasteiger partial charge in [-0.2, -0.15) is 0 Å². The first-order chi connectivity index (χ1) is 11.6. The normalized spacial score (nSPS) is 27.1. The first-order valence-corrected chi connectivity index (χ1v) is 8.75. The highest BCUT2D eigenvalue weighted by Gasteiger charge is 2.38. The molecule has 2 amide bonds. The summed E-state index contributed by atoms with van der Waals surface area (Å²) >= 11 is 0. The van der Waals surface area contributed by atoms with Gasteiger partial charge in [0.1, 0.15) is 0 Å². The zero-order chi connectivity index (χ0) is 17.1. The van der Waals surface area contributed by atoms with E-state index in [1.165, 1.54) is 12.8 Å². The lowest BCUT2D eigenvalue weighted by atomic mass is 9.98. The van der Waals surface area contributed by atoms with Crippen molar-refractivity contribution in [1.29, 1.82) is 0 Å². The lowest BCUT2D eigenvalue weighted by Gasteiger charge is -2.36. The van der Waals surface area contributed by atoms with Crippen LogP contribution in [0, 0.1) is 0 Å². The molecule has 3 N–H and O–H groups in total. The largest absolute Gasteiger partial charge is 0.335 e. The fraction of sp³-hybridized carbons (Fsp3) is 0.556. The third-order valence-electron chi connectivity index (χ3n) is 5.25. The molecule has 2 aliphatic rings. The number of para-hydroxylation sites is 1. The number of piperidine rings is 1. The van der Waals surface area contributed by atoms with E-state index in [1.54, 1.807) is 6.21 Å². The predicted molar refractivity (Wildman–Crippen MR) is 93.9 cm³/mol. The van der Waals surface area contributed by atoms with Crippen LogP contribution in [0.1, 0.15) is 38.2 Å². The van der Waals surface area contributed by atoms with Crippen molar-refractivity contribution in [3.05, 3.63) is 29.8 Å². The van der Waals surface area contributed by atoms with Crippen molar-refractivity contribution in [2.75, 3.05) is 18.9 Å². The van der Waals surface area contributed by atoms with Crippen LogP contribution in [0.5, 0.6) is 0 Å². The van der Waals surface area contributed by atoms with Gasteiger partial charge in [0.25, 0.3) is 0 Å². The summed E-state index contributed by atoms with van der Waals surface area (Å²) in [7, 11) is 2.19. The van der Waals surface area contributed by atoms with Crippen molar-refractivity contribution in [1.82, 2.24) is 10.2 Å². The first-order valence-electron chi connectivity index (χ1n) is 8.75. The molecular formula is C18H27N4O2+. The van der Waals surface area contributed by atoms with E-state index in [1.807, 2.05) is 31.2 Å². The molecule has 2 heterocycles. The van der Waals surface area contributed by atoms with Crippen molar-refractivity contribution in [2.45, 2.75) is 50.7 Å². The van der Waals surface area contributed by atoms with Crippen LogP contribution in [0.3, 0.4) is 0 Å². The smallest absolute Gasteiger partial charge is 0.319 e. The number of benzene rings is 1. The first kappa shape index (κ1) is 16.8. The Morgan fingerprint density at radius 2 is 2.00 bits per heavy atom. The SMILES string of the molecule is CC[N+](O)=Cc1ccccc1NC(=O)NC1CC2CCC(C1)N2C. The van der Waals surface area contributed by atoms with Gasteiger partial charge < -0.3 is 15.5 Å². The van der Waals surface area contributed by atoms with Crippen molar-refractivity contribution < 1.29 is 14.7 Å². The minimum atomic E-state index is -0.175. The minimum Gasteiger partial charge on any atom is -0.335 e. The number of fused-ring (bicyclic) bond motifs is 2. The van der Waals surface area contributed by atoms with Gasteiger partial charge in [-0.1, -0.05) is 12.1 Å². The fourth-order valence-electron chi connectivity index (χ4n) is 3.85. The lowest BCUT2D eigenvalue weighted by molar-refractivity contribution is -0.768. The monoisotopic (exact) mass is 331 g/mol. The van der Waals surface area contributed by atoms with E-state index in [0.717, 1.165) is 23.1 Å².